The smallest absolute Gasteiger partial charge is 0.288 e. The van der Waals surface area contributed by atoms with Crippen LogP contribution in [0.4, 0.5) is 0 Å². The maximum absolute atomic E-state index is 11.8. The van der Waals surface area contributed by atoms with Crippen LogP contribution in [0, 0.1) is 20.2 Å². The third kappa shape index (κ3) is 1.54. The van der Waals surface area contributed by atoms with Crippen molar-refractivity contribution in [3.05, 3.63) is 59.0 Å². The molecule has 0 atom stereocenters. The van der Waals surface area contributed by atoms with Gasteiger partial charge in [0.05, 0.1) is 5.56 Å². The summed E-state index contributed by atoms with van der Waals surface area (Å²) in [7, 11) is 0. The molecule has 1 heterocycles. The number of hydrogen-bond donors (Lipinski definition) is 0. The summed E-state index contributed by atoms with van der Waals surface area (Å²) in [5, 5.41) is 22.8. The molecular formula is C9H3ClN2O5S. The Morgan fingerprint density at radius 1 is 1.33 bits per heavy atom. The minimum Gasteiger partial charge on any atom is -0.288 e. The van der Waals surface area contributed by atoms with Crippen molar-refractivity contribution in [3.8, 4) is 0 Å². The Bertz CT molecular complexity index is 644. The van der Waals surface area contributed by atoms with Crippen LogP contribution in [0.2, 0.25) is 4.34 Å². The van der Waals surface area contributed by atoms with Gasteiger partial charge >= 0.3 is 5.82 Å². The maximum atomic E-state index is 11.8. The Morgan fingerprint density at radius 3 is 2.39 bits per heavy atom. The highest BCUT2D eigenvalue weighted by molar-refractivity contribution is 7.15. The molecule has 1 aromatic heterocycles. The topological polar surface area (TPSA) is 103 Å². The fraction of sp³-hybridized carbons (Fsp3) is 0. The minimum atomic E-state index is -1.26. The molecule has 1 aromatic rings. The first-order valence-corrected chi connectivity index (χ1v) is 5.66. The van der Waals surface area contributed by atoms with Crippen LogP contribution < -0.4 is 0 Å². The van der Waals surface area contributed by atoms with Crippen molar-refractivity contribution in [2.24, 2.45) is 0 Å². The number of Topliss-reactive ketones (excluding diaryl/α,β-unsaturated/α-hetero) is 1. The van der Waals surface area contributed by atoms with Gasteiger partial charge in [0.1, 0.15) is 19.8 Å². The zero-order valence-electron chi connectivity index (χ0n) is 8.51. The zero-order valence-corrected chi connectivity index (χ0v) is 10.1. The largest absolute Gasteiger partial charge is 0.567 e. The van der Waals surface area contributed by atoms with Crippen LogP contribution in [0.5, 0.6) is 0 Å². The number of thiophene rings is 1. The number of fused-ring (bicyclic) bond motifs is 1. The van der Waals surface area contributed by atoms with Crippen molar-refractivity contribution in [3.63, 3.8) is 0 Å². The summed E-state index contributed by atoms with van der Waals surface area (Å²) < 4.78 is 0.136. The Hall–Kier alpha value is -2.06. The Kier molecular flexibility index (Phi) is 2.76. The van der Waals surface area contributed by atoms with Crippen molar-refractivity contribution < 1.29 is 14.6 Å². The molecule has 0 saturated heterocycles. The predicted octanol–water partition coefficient (Wildman–Crippen LogP) is 2.38. The van der Waals surface area contributed by atoms with E-state index in [9.17, 15) is 25.0 Å². The van der Waals surface area contributed by atoms with E-state index < -0.39 is 21.5 Å². The first kappa shape index (κ1) is 12.4. The van der Waals surface area contributed by atoms with Gasteiger partial charge in [0.15, 0.2) is 5.78 Å². The van der Waals surface area contributed by atoms with Gasteiger partial charge in [-0.3, -0.25) is 25.0 Å². The van der Waals surface area contributed by atoms with Crippen molar-refractivity contribution in [1.29, 1.82) is 0 Å². The van der Waals surface area contributed by atoms with E-state index in [1.54, 1.807) is 0 Å². The molecule has 9 heteroatoms. The number of nitro groups is 2. The maximum Gasteiger partial charge on any atom is 0.567 e. The average Bonchev–Trinajstić information content (AvgIpc) is 2.73. The molecule has 0 bridgehead atoms. The predicted molar refractivity (Wildman–Crippen MR) is 63.7 cm³/mol. The van der Waals surface area contributed by atoms with E-state index in [0.717, 1.165) is 11.3 Å². The van der Waals surface area contributed by atoms with E-state index in [-0.39, 0.29) is 26.6 Å². The van der Waals surface area contributed by atoms with E-state index in [0.29, 0.717) is 0 Å². The number of nitrogens with zero attached hydrogens (tertiary/aromatic N) is 2. The Labute approximate surface area is 108 Å². The summed E-state index contributed by atoms with van der Waals surface area (Å²) >= 11 is 6.75. The molecule has 0 saturated carbocycles. The van der Waals surface area contributed by atoms with Crippen LogP contribution in [0.15, 0.2) is 23.4 Å². The lowest BCUT2D eigenvalue weighted by atomic mass is 10.1. The Morgan fingerprint density at radius 2 is 1.89 bits per heavy atom. The van der Waals surface area contributed by atoms with Crippen molar-refractivity contribution in [2.45, 2.75) is 0 Å². The van der Waals surface area contributed by atoms with Gasteiger partial charge in [-0.15, -0.1) is 11.3 Å². The van der Waals surface area contributed by atoms with E-state index in [2.05, 4.69) is 6.58 Å². The molecule has 2 rings (SSSR count). The second-order valence-electron chi connectivity index (χ2n) is 3.32. The number of allylic oxidation sites excluding steroid dienone is 2. The number of halogens is 1. The van der Waals surface area contributed by atoms with Gasteiger partial charge in [-0.05, 0) is 0 Å². The molecule has 0 spiro atoms. The second-order valence-corrected chi connectivity index (χ2v) is 4.80. The van der Waals surface area contributed by atoms with Gasteiger partial charge in [-0.25, -0.2) is 0 Å². The molecule has 1 aliphatic rings. The van der Waals surface area contributed by atoms with Crippen LogP contribution in [0.25, 0.3) is 5.57 Å². The van der Waals surface area contributed by atoms with E-state index in [1.807, 2.05) is 0 Å². The average molecular weight is 287 g/mol. The van der Waals surface area contributed by atoms with Crippen LogP contribution in [-0.2, 0) is 0 Å². The lowest BCUT2D eigenvalue weighted by molar-refractivity contribution is -0.614. The first-order valence-electron chi connectivity index (χ1n) is 4.40. The van der Waals surface area contributed by atoms with Gasteiger partial charge in [0, 0.05) is 16.5 Å². The third-order valence-electron chi connectivity index (χ3n) is 2.39. The number of carbonyl (C=O) groups excluding carboxylic acids is 1. The number of ketones is 1. The number of hydrogen-bond acceptors (Lipinski definition) is 6. The highest BCUT2D eigenvalue weighted by Gasteiger charge is 2.44. The highest BCUT2D eigenvalue weighted by Crippen LogP contribution is 2.44. The van der Waals surface area contributed by atoms with Gasteiger partial charge in [-0.1, -0.05) is 18.2 Å². The Balaban J connectivity index is 2.84. The van der Waals surface area contributed by atoms with Gasteiger partial charge in [0.2, 0.25) is 0 Å². The third-order valence-corrected chi connectivity index (χ3v) is 3.61. The quantitative estimate of drug-likeness (QED) is 0.471. The lowest BCUT2D eigenvalue weighted by Gasteiger charge is -1.95. The monoisotopic (exact) mass is 286 g/mol. The molecule has 0 N–H and O–H groups in total. The highest BCUT2D eigenvalue weighted by atomic mass is 35.5. The minimum absolute atomic E-state index is 0.0443. The number of rotatable bonds is 2. The SMILES string of the molecule is C=C1C(=O)c2c(csc2Cl)C1=C([N+](=O)[O-])[N+](=O)[O-]. The zero-order chi connectivity index (χ0) is 13.6. The summed E-state index contributed by atoms with van der Waals surface area (Å²) in [6.07, 6.45) is 0. The molecule has 0 aliphatic heterocycles. The summed E-state index contributed by atoms with van der Waals surface area (Å²) in [6.45, 7) is 3.36. The van der Waals surface area contributed by atoms with Gasteiger partial charge < -0.3 is 0 Å². The number of carbonyl (C=O) groups is 1. The van der Waals surface area contributed by atoms with Crippen LogP contribution >= 0.6 is 22.9 Å². The van der Waals surface area contributed by atoms with Crippen LogP contribution in [-0.4, -0.2) is 15.6 Å². The van der Waals surface area contributed by atoms with Crippen LogP contribution in [0.3, 0.4) is 0 Å². The molecule has 1 aliphatic carbocycles. The van der Waals surface area contributed by atoms with E-state index in [1.165, 1.54) is 5.38 Å². The summed E-state index contributed by atoms with van der Waals surface area (Å²) in [5.74, 6) is -1.88. The fourth-order valence-electron chi connectivity index (χ4n) is 1.66. The second kappa shape index (κ2) is 4.00. The molecule has 0 radical (unpaired) electrons. The van der Waals surface area contributed by atoms with Crippen LogP contribution in [0.1, 0.15) is 15.9 Å². The molecule has 0 aromatic carbocycles. The summed E-state index contributed by atoms with van der Waals surface area (Å²) in [4.78, 5) is 30.9. The van der Waals surface area contributed by atoms with Gasteiger partial charge in [-0.2, -0.15) is 0 Å². The van der Waals surface area contributed by atoms with Crippen molar-refractivity contribution in [1.82, 2.24) is 0 Å². The molecule has 92 valence electrons. The van der Waals surface area contributed by atoms with Crippen molar-refractivity contribution >= 4 is 34.3 Å². The summed E-state index contributed by atoms with van der Waals surface area (Å²) in [6, 6.07) is 0. The fourth-order valence-corrected chi connectivity index (χ4v) is 2.76. The first-order chi connectivity index (χ1) is 8.36. The summed E-state index contributed by atoms with van der Waals surface area (Å²) in [5.41, 5.74) is -0.502. The van der Waals surface area contributed by atoms with E-state index in [4.69, 9.17) is 11.6 Å². The molecule has 7 nitrogen and oxygen atoms in total. The molecule has 0 amide bonds. The van der Waals surface area contributed by atoms with E-state index >= 15 is 0 Å². The standard InChI is InChI=1S/C9H3ClN2O5S/c1-3-5(9(11(14)15)12(16)17)4-2-18-8(10)6(4)7(3)13/h2H,1H2. The van der Waals surface area contributed by atoms with Gasteiger partial charge in [0.25, 0.3) is 0 Å². The molecule has 18 heavy (non-hydrogen) atoms. The molecular weight excluding hydrogens is 284 g/mol. The molecule has 0 unspecified atom stereocenters. The molecule has 0 fully saturated rings. The lowest BCUT2D eigenvalue weighted by Crippen LogP contribution is -2.12. The van der Waals surface area contributed by atoms with Crippen molar-refractivity contribution in [2.75, 3.05) is 0 Å². The normalized spacial score (nSPS) is 13.7.